The fraction of sp³-hybridized carbons (Fsp3) is 0.286. The first-order chi connectivity index (χ1) is 14.2. The minimum atomic E-state index is 0.288. The predicted molar refractivity (Wildman–Crippen MR) is 113 cm³/mol. The molecule has 3 heterocycles. The number of hydrogen-bond acceptors (Lipinski definition) is 6. The van der Waals surface area contributed by atoms with Crippen LogP contribution in [0.4, 0.5) is 17.5 Å². The molecule has 1 atom stereocenters. The third-order valence-electron chi connectivity index (χ3n) is 5.20. The molecule has 4 aromatic rings. The summed E-state index contributed by atoms with van der Waals surface area (Å²) in [6.07, 6.45) is 9.45. The van der Waals surface area contributed by atoms with E-state index in [4.69, 9.17) is 4.99 Å². The van der Waals surface area contributed by atoms with Crippen molar-refractivity contribution in [1.82, 2.24) is 29.7 Å². The highest BCUT2D eigenvalue weighted by Crippen LogP contribution is 2.32. The van der Waals surface area contributed by atoms with Crippen molar-refractivity contribution in [2.45, 2.75) is 38.6 Å². The summed E-state index contributed by atoms with van der Waals surface area (Å²) in [6.45, 7) is 4.16. The Labute approximate surface area is 168 Å². The fourth-order valence-corrected chi connectivity index (χ4v) is 3.69. The normalized spacial score (nSPS) is 16.2. The van der Waals surface area contributed by atoms with Crippen LogP contribution in [0.3, 0.4) is 0 Å². The summed E-state index contributed by atoms with van der Waals surface area (Å²) in [5, 5.41) is 7.56. The van der Waals surface area contributed by atoms with Gasteiger partial charge in [0, 0.05) is 24.4 Å². The number of H-pyrrole nitrogens is 1. The number of hydrogen-bond donors (Lipinski definition) is 2. The van der Waals surface area contributed by atoms with Gasteiger partial charge in [-0.1, -0.05) is 24.3 Å². The van der Waals surface area contributed by atoms with Gasteiger partial charge in [-0.15, -0.1) is 0 Å². The fourth-order valence-electron chi connectivity index (χ4n) is 3.69. The van der Waals surface area contributed by atoms with Crippen LogP contribution in [0.1, 0.15) is 43.4 Å². The molecule has 0 radical (unpaired) electrons. The van der Waals surface area contributed by atoms with Crippen LogP contribution in [0.15, 0.2) is 48.0 Å². The molecule has 3 aromatic heterocycles. The van der Waals surface area contributed by atoms with E-state index in [1.165, 1.54) is 11.1 Å². The van der Waals surface area contributed by atoms with Gasteiger partial charge >= 0.3 is 0 Å². The van der Waals surface area contributed by atoms with Crippen molar-refractivity contribution >= 4 is 34.8 Å². The van der Waals surface area contributed by atoms with Gasteiger partial charge in [0.15, 0.2) is 17.0 Å². The Balaban J connectivity index is 1.45. The third kappa shape index (κ3) is 3.37. The lowest BCUT2D eigenvalue weighted by Gasteiger charge is -2.06. The highest BCUT2D eigenvalue weighted by molar-refractivity contribution is 5.85. The second kappa shape index (κ2) is 7.12. The van der Waals surface area contributed by atoms with E-state index >= 15 is 0 Å². The van der Waals surface area contributed by atoms with Crippen molar-refractivity contribution in [3.05, 3.63) is 54.1 Å². The van der Waals surface area contributed by atoms with Crippen molar-refractivity contribution in [1.29, 1.82) is 0 Å². The number of fused-ring (bicyclic) bond motifs is 2. The zero-order valence-electron chi connectivity index (χ0n) is 16.4. The zero-order valence-corrected chi connectivity index (χ0v) is 16.4. The summed E-state index contributed by atoms with van der Waals surface area (Å²) < 4.78 is 1.88. The van der Waals surface area contributed by atoms with Crippen LogP contribution in [0.2, 0.25) is 0 Å². The molecular weight excluding hydrogens is 364 g/mol. The molecule has 8 heteroatoms. The van der Waals surface area contributed by atoms with Gasteiger partial charge in [0.25, 0.3) is 0 Å². The second-order valence-corrected chi connectivity index (χ2v) is 7.52. The number of aromatic nitrogens is 6. The molecule has 1 aromatic carbocycles. The Bertz CT molecular complexity index is 1190. The van der Waals surface area contributed by atoms with E-state index in [1.54, 1.807) is 12.5 Å². The van der Waals surface area contributed by atoms with Gasteiger partial charge in [-0.2, -0.15) is 15.1 Å². The van der Waals surface area contributed by atoms with Gasteiger partial charge in [-0.3, -0.25) is 4.68 Å². The van der Waals surface area contributed by atoms with Crippen molar-refractivity contribution in [2.24, 2.45) is 4.99 Å². The quantitative estimate of drug-likeness (QED) is 0.498. The molecule has 0 amide bonds. The first kappa shape index (κ1) is 17.5. The number of imidazole rings is 1. The number of nitrogens with zero attached hydrogens (tertiary/aromatic N) is 6. The van der Waals surface area contributed by atoms with Gasteiger partial charge in [-0.25, -0.2) is 9.98 Å². The maximum absolute atomic E-state index is 4.70. The standard InChI is InChI=1S/C21H22N8/c1-13(2)29-11-16(10-25-29)26-21-27-19(18-20(28-21)24-12-23-18)22-9-15-8-7-14-5-3-4-6-17(14)15/h3-6,9-13,15H,7-8H2,1-2H3,(H2,23,24,26,27,28)/b22-9+. The average molecular weight is 386 g/mol. The van der Waals surface area contributed by atoms with Gasteiger partial charge in [0.1, 0.15) is 0 Å². The Kier molecular flexibility index (Phi) is 4.31. The number of aliphatic imine (C=N–C) groups is 1. The summed E-state index contributed by atoms with van der Waals surface area (Å²) in [7, 11) is 0. The monoisotopic (exact) mass is 386 g/mol. The van der Waals surface area contributed by atoms with Crippen molar-refractivity contribution in [3.8, 4) is 0 Å². The lowest BCUT2D eigenvalue weighted by Crippen LogP contribution is -2.00. The highest BCUT2D eigenvalue weighted by Gasteiger charge is 2.20. The van der Waals surface area contributed by atoms with E-state index in [0.29, 0.717) is 28.8 Å². The number of aromatic amines is 1. The summed E-state index contributed by atoms with van der Waals surface area (Å²) in [4.78, 5) is 21.2. The molecule has 8 nitrogen and oxygen atoms in total. The summed E-state index contributed by atoms with van der Waals surface area (Å²) in [5.41, 5.74) is 4.90. The molecule has 0 bridgehead atoms. The van der Waals surface area contributed by atoms with Crippen LogP contribution in [0.25, 0.3) is 11.2 Å². The van der Waals surface area contributed by atoms with Crippen LogP contribution in [0.5, 0.6) is 0 Å². The molecular formula is C21H22N8. The zero-order chi connectivity index (χ0) is 19.8. The van der Waals surface area contributed by atoms with E-state index in [1.807, 2.05) is 17.1 Å². The molecule has 2 N–H and O–H groups in total. The van der Waals surface area contributed by atoms with Crippen molar-refractivity contribution in [2.75, 3.05) is 5.32 Å². The number of benzene rings is 1. The maximum Gasteiger partial charge on any atom is 0.231 e. The summed E-state index contributed by atoms with van der Waals surface area (Å²) >= 11 is 0. The lowest BCUT2D eigenvalue weighted by molar-refractivity contribution is 0.532. The SMILES string of the molecule is CC(C)n1cc(Nc2nc(/N=C/C3CCc4ccccc43)c3nc[nH]c3n2)cn1. The summed E-state index contributed by atoms with van der Waals surface area (Å²) in [6, 6.07) is 8.84. The topological polar surface area (TPSA) is 96.7 Å². The van der Waals surface area contributed by atoms with E-state index in [0.717, 1.165) is 18.5 Å². The number of aryl methyl sites for hydroxylation is 1. The summed E-state index contributed by atoms with van der Waals surface area (Å²) in [5.74, 6) is 1.32. The maximum atomic E-state index is 4.70. The largest absolute Gasteiger partial charge is 0.329 e. The molecule has 1 aliphatic rings. The Morgan fingerprint density at radius 3 is 3.03 bits per heavy atom. The number of rotatable bonds is 5. The predicted octanol–water partition coefficient (Wildman–Crippen LogP) is 4.31. The highest BCUT2D eigenvalue weighted by atomic mass is 15.3. The van der Waals surface area contributed by atoms with E-state index in [9.17, 15) is 0 Å². The molecule has 0 aliphatic heterocycles. The molecule has 1 unspecified atom stereocenters. The first-order valence-electron chi connectivity index (χ1n) is 9.81. The van der Waals surface area contributed by atoms with E-state index in [2.05, 4.69) is 68.5 Å². The van der Waals surface area contributed by atoms with Crippen LogP contribution >= 0.6 is 0 Å². The minimum absolute atomic E-state index is 0.288. The van der Waals surface area contributed by atoms with Crippen LogP contribution in [0, 0.1) is 0 Å². The Morgan fingerprint density at radius 2 is 2.17 bits per heavy atom. The molecule has 0 saturated carbocycles. The molecule has 1 aliphatic carbocycles. The van der Waals surface area contributed by atoms with Gasteiger partial charge < -0.3 is 10.3 Å². The lowest BCUT2D eigenvalue weighted by atomic mass is 10.0. The second-order valence-electron chi connectivity index (χ2n) is 7.52. The van der Waals surface area contributed by atoms with Gasteiger partial charge in [0.05, 0.1) is 18.2 Å². The third-order valence-corrected chi connectivity index (χ3v) is 5.20. The Hall–Kier alpha value is -3.55. The first-order valence-corrected chi connectivity index (χ1v) is 9.81. The van der Waals surface area contributed by atoms with E-state index in [-0.39, 0.29) is 6.04 Å². The van der Waals surface area contributed by atoms with Crippen molar-refractivity contribution < 1.29 is 0 Å². The molecule has 29 heavy (non-hydrogen) atoms. The minimum Gasteiger partial charge on any atom is -0.329 e. The molecule has 0 spiro atoms. The van der Waals surface area contributed by atoms with Crippen molar-refractivity contribution in [3.63, 3.8) is 0 Å². The van der Waals surface area contributed by atoms with Gasteiger partial charge in [0.2, 0.25) is 5.95 Å². The molecule has 5 rings (SSSR count). The Morgan fingerprint density at radius 1 is 1.28 bits per heavy atom. The molecule has 146 valence electrons. The number of nitrogens with one attached hydrogen (secondary N) is 2. The van der Waals surface area contributed by atoms with Crippen LogP contribution < -0.4 is 5.32 Å². The van der Waals surface area contributed by atoms with Crippen LogP contribution in [-0.2, 0) is 6.42 Å². The van der Waals surface area contributed by atoms with Gasteiger partial charge in [-0.05, 0) is 37.8 Å². The average Bonchev–Trinajstić information content (AvgIpc) is 3.45. The number of anilines is 2. The molecule has 0 saturated heterocycles. The smallest absolute Gasteiger partial charge is 0.231 e. The molecule has 0 fully saturated rings. The van der Waals surface area contributed by atoms with E-state index < -0.39 is 0 Å². The van der Waals surface area contributed by atoms with Crippen LogP contribution in [-0.4, -0.2) is 35.9 Å².